The zero-order chi connectivity index (χ0) is 33.6. The minimum absolute atomic E-state index is 0.0194. The van der Waals surface area contributed by atoms with Crippen molar-refractivity contribution in [2.24, 2.45) is 0 Å². The number of aliphatic hydroxyl groups is 1. The number of piperidine rings is 1. The van der Waals surface area contributed by atoms with Crippen LogP contribution in [0.2, 0.25) is 10.0 Å². The number of carbonyl (C=O) groups is 2. The Kier molecular flexibility index (Phi) is 9.68. The number of nitrogens with zero attached hydrogens (tertiary/aromatic N) is 2. The van der Waals surface area contributed by atoms with Gasteiger partial charge in [0.05, 0.1) is 34.1 Å². The third-order valence-electron chi connectivity index (χ3n) is 8.35. The normalized spacial score (nSPS) is 22.6. The fraction of sp³-hybridized carbons (Fsp3) is 0.433. The third-order valence-corrected chi connectivity index (χ3v) is 8.95. The van der Waals surface area contributed by atoms with E-state index in [0.717, 1.165) is 6.08 Å². The van der Waals surface area contributed by atoms with E-state index in [2.05, 4.69) is 21.3 Å². The molecule has 16 heteroatoms. The number of halogens is 9. The van der Waals surface area contributed by atoms with Crippen LogP contribution < -0.4 is 10.6 Å². The van der Waals surface area contributed by atoms with E-state index in [-0.39, 0.29) is 40.8 Å². The van der Waals surface area contributed by atoms with Crippen molar-refractivity contribution in [2.45, 2.75) is 49.0 Å². The number of hydrogen-bond acceptors (Lipinski definition) is 5. The van der Waals surface area contributed by atoms with Crippen molar-refractivity contribution < 1.29 is 45.4 Å². The van der Waals surface area contributed by atoms with Gasteiger partial charge in [-0.2, -0.15) is 13.2 Å². The lowest BCUT2D eigenvalue weighted by atomic mass is 9.79. The van der Waals surface area contributed by atoms with Crippen LogP contribution in [0.15, 0.2) is 47.7 Å². The quantitative estimate of drug-likeness (QED) is 0.250. The number of carbonyl (C=O) groups excluding carboxylic acids is 2. The lowest BCUT2D eigenvalue weighted by Gasteiger charge is -2.47. The molecular weight excluding hydrogens is 668 g/mol. The van der Waals surface area contributed by atoms with Gasteiger partial charge in [-0.15, -0.1) is 5.73 Å². The summed E-state index contributed by atoms with van der Waals surface area (Å²) in [6.07, 6.45) is -6.39. The predicted octanol–water partition coefficient (Wildman–Crippen LogP) is 5.53. The molecule has 2 aliphatic heterocycles. The molecule has 0 aromatic heterocycles. The first kappa shape index (κ1) is 34.1. The van der Waals surface area contributed by atoms with Crippen LogP contribution in [0.3, 0.4) is 0 Å². The van der Waals surface area contributed by atoms with Gasteiger partial charge in [-0.25, -0.2) is 17.6 Å². The van der Waals surface area contributed by atoms with Gasteiger partial charge in [0.1, 0.15) is 17.2 Å². The highest BCUT2D eigenvalue weighted by molar-refractivity contribution is 6.40. The van der Waals surface area contributed by atoms with Crippen molar-refractivity contribution in [3.8, 4) is 0 Å². The Morgan fingerprint density at radius 3 is 2.15 bits per heavy atom. The second-order valence-electron chi connectivity index (χ2n) is 11.4. The van der Waals surface area contributed by atoms with E-state index in [4.69, 9.17) is 23.2 Å². The van der Waals surface area contributed by atoms with Crippen molar-refractivity contribution >= 4 is 40.7 Å². The van der Waals surface area contributed by atoms with Crippen LogP contribution in [0.5, 0.6) is 0 Å². The lowest BCUT2D eigenvalue weighted by molar-refractivity contribution is -0.247. The molecule has 46 heavy (non-hydrogen) atoms. The second-order valence-corrected chi connectivity index (χ2v) is 12.2. The molecular formula is C30H27Cl2F7N4O3. The summed E-state index contributed by atoms with van der Waals surface area (Å²) in [5, 5.41) is 16.2. The molecule has 248 valence electrons. The summed E-state index contributed by atoms with van der Waals surface area (Å²) >= 11 is 12.4. The monoisotopic (exact) mass is 694 g/mol. The summed E-state index contributed by atoms with van der Waals surface area (Å²) in [5.74, 6) is -6.11. The fourth-order valence-electron chi connectivity index (χ4n) is 6.05. The number of rotatable bonds is 8. The highest BCUT2D eigenvalue weighted by atomic mass is 35.5. The van der Waals surface area contributed by atoms with Crippen LogP contribution in [0.25, 0.3) is 0 Å². The summed E-state index contributed by atoms with van der Waals surface area (Å²) in [6, 6.07) is 4.74. The highest BCUT2D eigenvalue weighted by Crippen LogP contribution is 2.50. The van der Waals surface area contributed by atoms with Crippen molar-refractivity contribution in [1.29, 1.82) is 0 Å². The number of amides is 2. The largest absolute Gasteiger partial charge is 0.423 e. The Morgan fingerprint density at radius 2 is 1.61 bits per heavy atom. The molecule has 2 aromatic rings. The van der Waals surface area contributed by atoms with Crippen LogP contribution in [-0.4, -0.2) is 89.7 Å². The first-order chi connectivity index (χ1) is 21.6. The van der Waals surface area contributed by atoms with Gasteiger partial charge in [-0.1, -0.05) is 23.2 Å². The summed E-state index contributed by atoms with van der Waals surface area (Å²) < 4.78 is 95.2. The molecule has 1 unspecified atom stereocenters. The molecule has 2 aromatic carbocycles. The van der Waals surface area contributed by atoms with Gasteiger partial charge >= 0.3 is 6.18 Å². The van der Waals surface area contributed by atoms with E-state index >= 15 is 0 Å². The second kappa shape index (κ2) is 13.1. The van der Waals surface area contributed by atoms with Gasteiger partial charge in [0.25, 0.3) is 18.2 Å². The average molecular weight is 695 g/mol. The van der Waals surface area contributed by atoms with Crippen LogP contribution in [0, 0.1) is 11.6 Å². The molecule has 3 aliphatic rings. The minimum Gasteiger partial charge on any atom is -0.380 e. The topological polar surface area (TPSA) is 84.9 Å². The number of benzene rings is 2. The lowest BCUT2D eigenvalue weighted by Crippen LogP contribution is -2.61. The third kappa shape index (κ3) is 6.72. The summed E-state index contributed by atoms with van der Waals surface area (Å²) in [7, 11) is 0. The molecule has 5 rings (SSSR count). The van der Waals surface area contributed by atoms with Crippen LogP contribution in [0.1, 0.15) is 34.7 Å². The zero-order valence-corrected chi connectivity index (χ0v) is 25.3. The number of nitrogens with one attached hydrogen (secondary N) is 2. The SMILES string of the molecule is O=C(NCC(F)F)c1c(Cl)cc(NC2CN(C3CCN(C(=O)C4=C=CC(c5cc(F)cc(F)c5)[C@]4(O)C(F)(F)F)CC3)C2)cc1Cl. The Bertz CT molecular complexity index is 1540. The number of anilines is 1. The molecule has 0 spiro atoms. The Morgan fingerprint density at radius 1 is 1.02 bits per heavy atom. The van der Waals surface area contributed by atoms with Crippen LogP contribution >= 0.6 is 23.2 Å². The molecule has 0 radical (unpaired) electrons. The maximum absolute atomic E-state index is 14.3. The van der Waals surface area contributed by atoms with E-state index in [1.54, 1.807) is 0 Å². The van der Waals surface area contributed by atoms with E-state index in [1.165, 1.54) is 17.0 Å². The Labute approximate surface area is 268 Å². The molecule has 1 aliphatic carbocycles. The zero-order valence-electron chi connectivity index (χ0n) is 23.8. The molecule has 3 N–H and O–H groups in total. The molecule has 2 atom stereocenters. The van der Waals surface area contributed by atoms with Gasteiger partial charge < -0.3 is 20.6 Å². The highest BCUT2D eigenvalue weighted by Gasteiger charge is 2.64. The van der Waals surface area contributed by atoms with Gasteiger partial charge in [0, 0.05) is 44.0 Å². The maximum Gasteiger partial charge on any atom is 0.423 e. The van der Waals surface area contributed by atoms with E-state index in [1.807, 2.05) is 0 Å². The first-order valence-corrected chi connectivity index (χ1v) is 14.9. The number of alkyl halides is 5. The number of likely N-dealkylation sites (tertiary alicyclic amines) is 2. The van der Waals surface area contributed by atoms with E-state index < -0.39 is 65.3 Å². The fourth-order valence-corrected chi connectivity index (χ4v) is 6.71. The minimum atomic E-state index is -5.35. The average Bonchev–Trinajstić information content (AvgIpc) is 3.31. The molecule has 0 bridgehead atoms. The summed E-state index contributed by atoms with van der Waals surface area (Å²) in [4.78, 5) is 28.8. The van der Waals surface area contributed by atoms with E-state index in [9.17, 15) is 45.4 Å². The Balaban J connectivity index is 1.16. The predicted molar refractivity (Wildman–Crippen MR) is 155 cm³/mol. The molecule has 2 fully saturated rings. The van der Waals surface area contributed by atoms with Gasteiger partial charge in [0.2, 0.25) is 5.60 Å². The van der Waals surface area contributed by atoms with E-state index in [0.29, 0.717) is 49.8 Å². The summed E-state index contributed by atoms with van der Waals surface area (Å²) in [5.41, 5.74) is -2.60. The smallest absolute Gasteiger partial charge is 0.380 e. The van der Waals surface area contributed by atoms with Crippen LogP contribution in [0.4, 0.5) is 36.4 Å². The number of hydrogen-bond donors (Lipinski definition) is 3. The van der Waals surface area contributed by atoms with Crippen molar-refractivity contribution in [1.82, 2.24) is 15.1 Å². The molecule has 2 saturated heterocycles. The van der Waals surface area contributed by atoms with Crippen LogP contribution in [-0.2, 0) is 4.79 Å². The van der Waals surface area contributed by atoms with Gasteiger partial charge in [-0.05, 0) is 48.7 Å². The van der Waals surface area contributed by atoms with Crippen molar-refractivity contribution in [3.05, 3.63) is 80.5 Å². The van der Waals surface area contributed by atoms with Gasteiger partial charge in [0.15, 0.2) is 0 Å². The molecule has 0 saturated carbocycles. The molecule has 7 nitrogen and oxygen atoms in total. The van der Waals surface area contributed by atoms with Crippen molar-refractivity contribution in [3.63, 3.8) is 0 Å². The molecule has 2 heterocycles. The summed E-state index contributed by atoms with van der Waals surface area (Å²) in [6.45, 7) is 0.532. The van der Waals surface area contributed by atoms with Gasteiger partial charge in [-0.3, -0.25) is 14.5 Å². The maximum atomic E-state index is 14.3. The molecule has 2 amide bonds. The Hall–Kier alpha value is -3.29. The standard InChI is InChI=1S/C30H27Cl2F7N4O3/c31-23-10-18(11-24(32)26(23)27(44)40-12-25(35)36)41-19-13-43(14-19)20-3-5-42(6-4-20)28(45)22-2-1-21(29(22,46)30(37,38)39)15-7-16(33)9-17(34)8-15/h1,7-11,19-21,25,41,46H,3-6,12-14H2,(H,40,44)/t21?,29-/m1/s1. The van der Waals surface area contributed by atoms with Crippen molar-refractivity contribution in [2.75, 3.05) is 38.0 Å². The first-order valence-electron chi connectivity index (χ1n) is 14.2.